The molecule has 2 amide bonds. The van der Waals surface area contributed by atoms with Gasteiger partial charge in [-0.3, -0.25) is 0 Å². The molecule has 0 atom stereocenters. The van der Waals surface area contributed by atoms with E-state index in [9.17, 15) is 4.79 Å². The number of carbonyl (C=O) groups is 1. The first-order valence-electron chi connectivity index (χ1n) is 8.19. The molecule has 2 N–H and O–H groups in total. The Labute approximate surface area is 137 Å². The highest BCUT2D eigenvalue weighted by Crippen LogP contribution is 2.28. The average molecular weight is 318 g/mol. The summed E-state index contributed by atoms with van der Waals surface area (Å²) in [6, 6.07) is 6.73. The van der Waals surface area contributed by atoms with Gasteiger partial charge >= 0.3 is 6.03 Å². The first-order valence-corrected chi connectivity index (χ1v) is 9.07. The van der Waals surface area contributed by atoms with Gasteiger partial charge in [0.2, 0.25) is 0 Å². The van der Waals surface area contributed by atoms with Crippen LogP contribution in [0.4, 0.5) is 4.79 Å². The summed E-state index contributed by atoms with van der Waals surface area (Å²) in [5.74, 6) is 0. The standard InChI is InChI=1S/C18H26N2OS/c1-3-4-5-6-7-14-8-9-17-16(12-14)15(13-22-17)10-11-20-18(21)19-2/h8-9,12-13H,3-7,10-11H2,1-2H3,(H2,19,20,21). The number of amides is 2. The van der Waals surface area contributed by atoms with Crippen molar-refractivity contribution in [2.24, 2.45) is 0 Å². The van der Waals surface area contributed by atoms with Crippen LogP contribution in [0.5, 0.6) is 0 Å². The topological polar surface area (TPSA) is 41.1 Å². The molecule has 1 aromatic carbocycles. The van der Waals surface area contributed by atoms with E-state index in [-0.39, 0.29) is 6.03 Å². The summed E-state index contributed by atoms with van der Waals surface area (Å²) >= 11 is 1.79. The van der Waals surface area contributed by atoms with Crippen LogP contribution in [0.1, 0.15) is 43.7 Å². The monoisotopic (exact) mass is 318 g/mol. The molecule has 1 heterocycles. The molecule has 0 spiro atoms. The Balaban J connectivity index is 1.97. The second-order valence-corrected chi connectivity index (χ2v) is 6.57. The van der Waals surface area contributed by atoms with Crippen LogP contribution in [0.25, 0.3) is 10.1 Å². The molecule has 22 heavy (non-hydrogen) atoms. The van der Waals surface area contributed by atoms with Gasteiger partial charge in [-0.15, -0.1) is 11.3 Å². The van der Waals surface area contributed by atoms with Crippen molar-refractivity contribution in [3.63, 3.8) is 0 Å². The van der Waals surface area contributed by atoms with Gasteiger partial charge in [-0.2, -0.15) is 0 Å². The largest absolute Gasteiger partial charge is 0.341 e. The number of rotatable bonds is 8. The van der Waals surface area contributed by atoms with Crippen molar-refractivity contribution in [1.29, 1.82) is 0 Å². The number of fused-ring (bicyclic) bond motifs is 1. The average Bonchev–Trinajstić information content (AvgIpc) is 2.94. The van der Waals surface area contributed by atoms with E-state index in [1.165, 1.54) is 53.3 Å². The van der Waals surface area contributed by atoms with E-state index in [0.29, 0.717) is 6.54 Å². The third-order valence-electron chi connectivity index (χ3n) is 3.94. The summed E-state index contributed by atoms with van der Waals surface area (Å²) < 4.78 is 1.34. The zero-order valence-electron chi connectivity index (χ0n) is 13.6. The summed E-state index contributed by atoms with van der Waals surface area (Å²) in [5, 5.41) is 9.01. The second-order valence-electron chi connectivity index (χ2n) is 5.66. The minimum absolute atomic E-state index is 0.115. The normalized spacial score (nSPS) is 10.8. The predicted molar refractivity (Wildman–Crippen MR) is 95.8 cm³/mol. The number of hydrogen-bond acceptors (Lipinski definition) is 2. The molecule has 0 aliphatic heterocycles. The lowest BCUT2D eigenvalue weighted by Gasteiger charge is -2.05. The summed E-state index contributed by atoms with van der Waals surface area (Å²) in [6.07, 6.45) is 7.26. The Bertz CT molecular complexity index is 606. The van der Waals surface area contributed by atoms with Gasteiger partial charge < -0.3 is 10.6 Å². The van der Waals surface area contributed by atoms with Crippen LogP contribution in [0, 0.1) is 0 Å². The fourth-order valence-electron chi connectivity index (χ4n) is 2.63. The third kappa shape index (κ3) is 4.73. The zero-order valence-corrected chi connectivity index (χ0v) is 14.4. The Morgan fingerprint density at radius 3 is 2.82 bits per heavy atom. The minimum atomic E-state index is -0.115. The lowest BCUT2D eigenvalue weighted by Crippen LogP contribution is -2.33. The van der Waals surface area contributed by atoms with E-state index >= 15 is 0 Å². The van der Waals surface area contributed by atoms with Crippen molar-refractivity contribution in [2.75, 3.05) is 13.6 Å². The van der Waals surface area contributed by atoms with E-state index in [4.69, 9.17) is 0 Å². The highest BCUT2D eigenvalue weighted by Gasteiger charge is 2.06. The lowest BCUT2D eigenvalue weighted by atomic mass is 10.0. The van der Waals surface area contributed by atoms with Crippen molar-refractivity contribution in [1.82, 2.24) is 10.6 Å². The maximum absolute atomic E-state index is 11.2. The Morgan fingerprint density at radius 2 is 2.05 bits per heavy atom. The van der Waals surface area contributed by atoms with Crippen molar-refractivity contribution >= 4 is 27.5 Å². The van der Waals surface area contributed by atoms with Crippen molar-refractivity contribution < 1.29 is 4.79 Å². The maximum atomic E-state index is 11.2. The van der Waals surface area contributed by atoms with Gasteiger partial charge in [0.25, 0.3) is 0 Å². The minimum Gasteiger partial charge on any atom is -0.341 e. The van der Waals surface area contributed by atoms with Crippen LogP contribution in [-0.2, 0) is 12.8 Å². The van der Waals surface area contributed by atoms with Crippen LogP contribution < -0.4 is 10.6 Å². The number of urea groups is 1. The number of thiophene rings is 1. The Morgan fingerprint density at radius 1 is 1.18 bits per heavy atom. The number of hydrogen-bond donors (Lipinski definition) is 2. The second kappa shape index (κ2) is 8.79. The van der Waals surface area contributed by atoms with Gasteiger partial charge in [0, 0.05) is 18.3 Å². The summed E-state index contributed by atoms with van der Waals surface area (Å²) in [7, 11) is 1.64. The SMILES string of the molecule is CCCCCCc1ccc2scc(CCNC(=O)NC)c2c1. The quantitative estimate of drug-likeness (QED) is 0.692. The van der Waals surface area contributed by atoms with Gasteiger partial charge in [-0.05, 0) is 47.2 Å². The highest BCUT2D eigenvalue weighted by atomic mass is 32.1. The van der Waals surface area contributed by atoms with E-state index in [1.807, 2.05) is 0 Å². The maximum Gasteiger partial charge on any atom is 0.314 e. The lowest BCUT2D eigenvalue weighted by molar-refractivity contribution is 0.243. The fourth-order valence-corrected chi connectivity index (χ4v) is 3.61. The van der Waals surface area contributed by atoms with Crippen molar-refractivity contribution in [3.8, 4) is 0 Å². The van der Waals surface area contributed by atoms with Crippen molar-refractivity contribution in [2.45, 2.75) is 45.4 Å². The molecule has 0 bridgehead atoms. The molecule has 1 aromatic heterocycles. The van der Waals surface area contributed by atoms with Gasteiger partial charge in [-0.25, -0.2) is 4.79 Å². The van der Waals surface area contributed by atoms with Crippen LogP contribution in [0.3, 0.4) is 0 Å². The predicted octanol–water partition coefficient (Wildman–Crippen LogP) is 4.50. The fraction of sp³-hybridized carbons (Fsp3) is 0.500. The Kier molecular flexibility index (Phi) is 6.72. The molecular formula is C18H26N2OS. The molecule has 0 radical (unpaired) electrons. The molecule has 3 nitrogen and oxygen atoms in total. The molecular weight excluding hydrogens is 292 g/mol. The molecule has 0 unspecified atom stereocenters. The molecule has 0 fully saturated rings. The summed E-state index contributed by atoms with van der Waals surface area (Å²) in [6.45, 7) is 2.92. The highest BCUT2D eigenvalue weighted by molar-refractivity contribution is 7.17. The number of nitrogens with one attached hydrogen (secondary N) is 2. The number of aryl methyl sites for hydroxylation is 1. The van der Waals surface area contributed by atoms with E-state index in [0.717, 1.165) is 6.42 Å². The smallest absolute Gasteiger partial charge is 0.314 e. The van der Waals surface area contributed by atoms with E-state index < -0.39 is 0 Å². The van der Waals surface area contributed by atoms with Gasteiger partial charge in [0.1, 0.15) is 0 Å². The molecule has 2 aromatic rings. The Hall–Kier alpha value is -1.55. The first kappa shape index (κ1) is 16.8. The van der Waals surface area contributed by atoms with Crippen LogP contribution in [-0.4, -0.2) is 19.6 Å². The van der Waals surface area contributed by atoms with Crippen LogP contribution in [0.2, 0.25) is 0 Å². The molecule has 0 aliphatic rings. The van der Waals surface area contributed by atoms with Crippen LogP contribution >= 0.6 is 11.3 Å². The number of unbranched alkanes of at least 4 members (excludes halogenated alkanes) is 3. The van der Waals surface area contributed by atoms with Crippen LogP contribution in [0.15, 0.2) is 23.6 Å². The number of carbonyl (C=O) groups excluding carboxylic acids is 1. The molecule has 120 valence electrons. The van der Waals surface area contributed by atoms with Gasteiger partial charge in [-0.1, -0.05) is 38.3 Å². The first-order chi connectivity index (χ1) is 10.7. The molecule has 4 heteroatoms. The number of benzene rings is 1. The van der Waals surface area contributed by atoms with E-state index in [2.05, 4.69) is 41.1 Å². The summed E-state index contributed by atoms with van der Waals surface area (Å²) in [5.41, 5.74) is 2.77. The summed E-state index contributed by atoms with van der Waals surface area (Å²) in [4.78, 5) is 11.2. The van der Waals surface area contributed by atoms with Gasteiger partial charge in [0.15, 0.2) is 0 Å². The zero-order chi connectivity index (χ0) is 15.8. The third-order valence-corrected chi connectivity index (χ3v) is 4.96. The molecule has 0 aliphatic carbocycles. The molecule has 0 saturated heterocycles. The molecule has 2 rings (SSSR count). The van der Waals surface area contributed by atoms with Crippen molar-refractivity contribution in [3.05, 3.63) is 34.7 Å². The molecule has 0 saturated carbocycles. The van der Waals surface area contributed by atoms with E-state index in [1.54, 1.807) is 18.4 Å². The van der Waals surface area contributed by atoms with Gasteiger partial charge in [0.05, 0.1) is 0 Å².